The summed E-state index contributed by atoms with van der Waals surface area (Å²) in [6.07, 6.45) is 1.90. The lowest BCUT2D eigenvalue weighted by molar-refractivity contribution is -0.120. The summed E-state index contributed by atoms with van der Waals surface area (Å²) in [5.41, 5.74) is 2.69. The van der Waals surface area contributed by atoms with Gasteiger partial charge < -0.3 is 15.4 Å². The van der Waals surface area contributed by atoms with Gasteiger partial charge in [0.1, 0.15) is 5.75 Å². The van der Waals surface area contributed by atoms with Crippen LogP contribution in [0.25, 0.3) is 0 Å². The minimum absolute atomic E-state index is 0.00407. The molecule has 0 spiro atoms. The predicted molar refractivity (Wildman–Crippen MR) is 109 cm³/mol. The van der Waals surface area contributed by atoms with Gasteiger partial charge >= 0.3 is 0 Å². The summed E-state index contributed by atoms with van der Waals surface area (Å²) in [5.74, 6) is 0.880. The number of anilines is 1. The Hall–Kier alpha value is -3.04. The Morgan fingerprint density at radius 3 is 2.64 bits per heavy atom. The van der Waals surface area contributed by atoms with E-state index in [-0.39, 0.29) is 18.5 Å². The largest absolute Gasteiger partial charge is 0.497 e. The number of nitrogens with zero attached hydrogens (tertiary/aromatic N) is 2. The SMILES string of the molecule is COc1cccc(CN2CCC(NC(=O)CNc3ccc(C#N)cc3)CC2)c1. The third kappa shape index (κ3) is 5.73. The maximum absolute atomic E-state index is 12.2. The van der Waals surface area contributed by atoms with E-state index in [1.807, 2.05) is 24.3 Å². The summed E-state index contributed by atoms with van der Waals surface area (Å²) in [6, 6.07) is 17.5. The number of nitriles is 1. The van der Waals surface area contributed by atoms with E-state index in [0.717, 1.165) is 43.9 Å². The van der Waals surface area contributed by atoms with E-state index >= 15 is 0 Å². The number of piperidine rings is 1. The number of nitrogens with one attached hydrogen (secondary N) is 2. The molecule has 2 aromatic carbocycles. The number of hydrogen-bond donors (Lipinski definition) is 2. The molecule has 0 saturated carbocycles. The van der Waals surface area contributed by atoms with Crippen molar-refractivity contribution in [3.8, 4) is 11.8 Å². The molecule has 1 aliphatic heterocycles. The van der Waals surface area contributed by atoms with E-state index < -0.39 is 0 Å². The Balaban J connectivity index is 1.38. The summed E-state index contributed by atoms with van der Waals surface area (Å²) in [5, 5.41) is 15.0. The van der Waals surface area contributed by atoms with E-state index in [0.29, 0.717) is 5.56 Å². The monoisotopic (exact) mass is 378 g/mol. The first-order chi connectivity index (χ1) is 13.7. The molecule has 1 heterocycles. The highest BCUT2D eigenvalue weighted by molar-refractivity contribution is 5.81. The van der Waals surface area contributed by atoms with E-state index in [2.05, 4.69) is 33.7 Å². The summed E-state index contributed by atoms with van der Waals surface area (Å²) in [4.78, 5) is 14.6. The molecule has 0 aromatic heterocycles. The van der Waals surface area contributed by atoms with Gasteiger partial charge in [0, 0.05) is 31.4 Å². The first-order valence-electron chi connectivity index (χ1n) is 9.55. The van der Waals surface area contributed by atoms with Crippen LogP contribution in [0.4, 0.5) is 5.69 Å². The molecule has 6 nitrogen and oxygen atoms in total. The number of carbonyl (C=O) groups is 1. The van der Waals surface area contributed by atoms with Gasteiger partial charge in [0.2, 0.25) is 5.91 Å². The molecule has 6 heteroatoms. The lowest BCUT2D eigenvalue weighted by Gasteiger charge is -2.32. The quantitative estimate of drug-likeness (QED) is 0.775. The van der Waals surface area contributed by atoms with Crippen molar-refractivity contribution in [3.05, 3.63) is 59.7 Å². The molecular formula is C22H26N4O2. The van der Waals surface area contributed by atoms with Crippen molar-refractivity contribution in [1.82, 2.24) is 10.2 Å². The van der Waals surface area contributed by atoms with Gasteiger partial charge in [-0.2, -0.15) is 5.26 Å². The van der Waals surface area contributed by atoms with Crippen LogP contribution in [0.3, 0.4) is 0 Å². The molecule has 0 unspecified atom stereocenters. The molecule has 1 amide bonds. The van der Waals surface area contributed by atoms with Crippen molar-refractivity contribution in [3.63, 3.8) is 0 Å². The number of ether oxygens (including phenoxy) is 1. The van der Waals surface area contributed by atoms with Crippen LogP contribution in [-0.2, 0) is 11.3 Å². The standard InChI is InChI=1S/C22H26N4O2/c1-28-21-4-2-3-18(13-21)16-26-11-9-20(10-12-26)25-22(27)15-24-19-7-5-17(14-23)6-8-19/h2-8,13,20,24H,9-12,15-16H2,1H3,(H,25,27). The second-order valence-corrected chi connectivity index (χ2v) is 7.01. The molecule has 1 saturated heterocycles. The second-order valence-electron chi connectivity index (χ2n) is 7.01. The summed E-state index contributed by atoms with van der Waals surface area (Å²) < 4.78 is 5.29. The Morgan fingerprint density at radius 2 is 1.96 bits per heavy atom. The van der Waals surface area contributed by atoms with Gasteiger partial charge in [-0.05, 0) is 54.8 Å². The summed E-state index contributed by atoms with van der Waals surface area (Å²) >= 11 is 0. The number of rotatable bonds is 7. The second kappa shape index (κ2) is 9.77. The topological polar surface area (TPSA) is 77.4 Å². The zero-order valence-corrected chi connectivity index (χ0v) is 16.1. The molecule has 1 fully saturated rings. The van der Waals surface area contributed by atoms with Crippen LogP contribution in [0, 0.1) is 11.3 Å². The van der Waals surface area contributed by atoms with Gasteiger partial charge in [0.05, 0.1) is 25.3 Å². The molecule has 0 bridgehead atoms. The zero-order chi connectivity index (χ0) is 19.8. The maximum atomic E-state index is 12.2. The minimum atomic E-state index is -0.00407. The number of hydrogen-bond acceptors (Lipinski definition) is 5. The molecule has 2 aromatic rings. The van der Waals surface area contributed by atoms with Crippen LogP contribution in [0.1, 0.15) is 24.0 Å². The molecule has 3 rings (SSSR count). The van der Waals surface area contributed by atoms with Crippen LogP contribution in [0.2, 0.25) is 0 Å². The molecule has 1 aliphatic rings. The molecular weight excluding hydrogens is 352 g/mol. The van der Waals surface area contributed by atoms with Gasteiger partial charge in [-0.1, -0.05) is 12.1 Å². The average molecular weight is 378 g/mol. The van der Waals surface area contributed by atoms with Crippen molar-refractivity contribution >= 4 is 11.6 Å². The van der Waals surface area contributed by atoms with E-state index in [1.54, 1.807) is 19.2 Å². The average Bonchev–Trinajstić information content (AvgIpc) is 2.74. The third-order valence-electron chi connectivity index (χ3n) is 4.96. The lowest BCUT2D eigenvalue weighted by atomic mass is 10.0. The predicted octanol–water partition coefficient (Wildman–Crippen LogP) is 2.76. The first-order valence-corrected chi connectivity index (χ1v) is 9.55. The van der Waals surface area contributed by atoms with Crippen LogP contribution >= 0.6 is 0 Å². The van der Waals surface area contributed by atoms with Gasteiger partial charge in [-0.15, -0.1) is 0 Å². The van der Waals surface area contributed by atoms with Crippen LogP contribution < -0.4 is 15.4 Å². The van der Waals surface area contributed by atoms with Crippen molar-refractivity contribution in [1.29, 1.82) is 5.26 Å². The van der Waals surface area contributed by atoms with Crippen LogP contribution in [0.15, 0.2) is 48.5 Å². The van der Waals surface area contributed by atoms with Crippen molar-refractivity contribution in [2.45, 2.75) is 25.4 Å². The molecule has 146 valence electrons. The van der Waals surface area contributed by atoms with Crippen molar-refractivity contribution in [2.75, 3.05) is 32.1 Å². The molecule has 0 aliphatic carbocycles. The summed E-state index contributed by atoms with van der Waals surface area (Å²) in [7, 11) is 1.68. The highest BCUT2D eigenvalue weighted by Gasteiger charge is 2.20. The Morgan fingerprint density at radius 1 is 1.21 bits per heavy atom. The summed E-state index contributed by atoms with van der Waals surface area (Å²) in [6.45, 7) is 3.06. The minimum Gasteiger partial charge on any atom is -0.497 e. The van der Waals surface area contributed by atoms with Gasteiger partial charge in [-0.3, -0.25) is 9.69 Å². The van der Waals surface area contributed by atoms with Gasteiger partial charge in [0.25, 0.3) is 0 Å². The van der Waals surface area contributed by atoms with Gasteiger partial charge in [0.15, 0.2) is 0 Å². The van der Waals surface area contributed by atoms with E-state index in [4.69, 9.17) is 10.00 Å². The van der Waals surface area contributed by atoms with Crippen LogP contribution in [-0.4, -0.2) is 43.6 Å². The Bertz CT molecular complexity index is 821. The van der Waals surface area contributed by atoms with E-state index in [1.165, 1.54) is 5.56 Å². The number of amides is 1. The number of methoxy groups -OCH3 is 1. The smallest absolute Gasteiger partial charge is 0.239 e. The molecule has 28 heavy (non-hydrogen) atoms. The third-order valence-corrected chi connectivity index (χ3v) is 4.96. The van der Waals surface area contributed by atoms with Crippen molar-refractivity contribution < 1.29 is 9.53 Å². The van der Waals surface area contributed by atoms with Crippen molar-refractivity contribution in [2.24, 2.45) is 0 Å². The normalized spacial score (nSPS) is 14.9. The zero-order valence-electron chi connectivity index (χ0n) is 16.1. The fourth-order valence-corrected chi connectivity index (χ4v) is 3.39. The highest BCUT2D eigenvalue weighted by atomic mass is 16.5. The molecule has 2 N–H and O–H groups in total. The fourth-order valence-electron chi connectivity index (χ4n) is 3.39. The number of benzene rings is 2. The number of carbonyl (C=O) groups excluding carboxylic acids is 1. The lowest BCUT2D eigenvalue weighted by Crippen LogP contribution is -2.45. The Labute approximate surface area is 166 Å². The van der Waals surface area contributed by atoms with E-state index in [9.17, 15) is 4.79 Å². The Kier molecular flexibility index (Phi) is 6.88. The number of likely N-dealkylation sites (tertiary alicyclic amines) is 1. The van der Waals surface area contributed by atoms with Crippen LogP contribution in [0.5, 0.6) is 5.75 Å². The molecule has 0 radical (unpaired) electrons. The maximum Gasteiger partial charge on any atom is 0.239 e. The fraction of sp³-hybridized carbons (Fsp3) is 0.364. The first kappa shape index (κ1) is 19.7. The highest BCUT2D eigenvalue weighted by Crippen LogP contribution is 2.17. The molecule has 0 atom stereocenters. The van der Waals surface area contributed by atoms with Gasteiger partial charge in [-0.25, -0.2) is 0 Å².